The number of halogens is 1. The number of carbonyl (C=O) groups excluding carboxylic acids is 1. The Kier molecular flexibility index (Phi) is 8.91. The van der Waals surface area contributed by atoms with Crippen LogP contribution < -0.4 is 16.4 Å². The summed E-state index contributed by atoms with van der Waals surface area (Å²) in [5.41, 5.74) is 11.2. The number of guanidine groups is 1. The molecule has 1 heterocycles. The number of benzene rings is 2. The van der Waals surface area contributed by atoms with Gasteiger partial charge in [0.15, 0.2) is 11.7 Å². The number of amides is 1. The van der Waals surface area contributed by atoms with Crippen molar-refractivity contribution in [2.45, 2.75) is 33.2 Å². The van der Waals surface area contributed by atoms with Gasteiger partial charge in [0.1, 0.15) is 0 Å². The van der Waals surface area contributed by atoms with E-state index in [1.165, 1.54) is 17.4 Å². The first-order valence-electron chi connectivity index (χ1n) is 9.72. The van der Waals surface area contributed by atoms with Crippen LogP contribution in [0, 0.1) is 0 Å². The van der Waals surface area contributed by atoms with Crippen LogP contribution in [0.25, 0.3) is 0 Å². The maximum Gasteiger partial charge on any atom is 0.291 e. The number of furan rings is 1. The Morgan fingerprint density at radius 2 is 1.70 bits per heavy atom. The molecule has 2 aromatic carbocycles. The van der Waals surface area contributed by atoms with Crippen molar-refractivity contribution in [3.63, 3.8) is 0 Å². The summed E-state index contributed by atoms with van der Waals surface area (Å²) in [6, 6.07) is 17.1. The molecule has 3 rings (SSSR count). The molecule has 4 N–H and O–H groups in total. The minimum absolute atomic E-state index is 0. The normalized spacial score (nSPS) is 10.9. The largest absolute Gasteiger partial charge is 0.459 e. The van der Waals surface area contributed by atoms with Gasteiger partial charge >= 0.3 is 0 Å². The number of rotatable bonds is 7. The molecule has 1 aromatic heterocycles. The van der Waals surface area contributed by atoms with Gasteiger partial charge in [0.05, 0.1) is 12.8 Å². The lowest BCUT2D eigenvalue weighted by atomic mass is 10.0. The van der Waals surface area contributed by atoms with Gasteiger partial charge < -0.3 is 20.8 Å². The number of aliphatic imine (C=N–C) groups is 1. The first-order valence-corrected chi connectivity index (χ1v) is 9.72. The molecule has 3 aromatic rings. The van der Waals surface area contributed by atoms with Gasteiger partial charge in [-0.15, -0.1) is 24.0 Å². The third-order valence-corrected chi connectivity index (χ3v) is 4.61. The molecule has 7 heteroatoms. The third-order valence-electron chi connectivity index (χ3n) is 4.61. The van der Waals surface area contributed by atoms with Crippen molar-refractivity contribution < 1.29 is 9.21 Å². The lowest BCUT2D eigenvalue weighted by Gasteiger charge is -2.15. The standard InChI is InChI=1S/C23H26N4O2.HI/c1-3-17-9-6-10-18(4-2)21(17)27-23(24)25-15-16-8-5-11-19(14-16)26-22(28)20-12-7-13-29-20;/h5-14H,3-4,15H2,1-2H3,(H,26,28)(H3,24,25,27);1H. The van der Waals surface area contributed by atoms with Crippen LogP contribution >= 0.6 is 24.0 Å². The molecule has 0 saturated carbocycles. The van der Waals surface area contributed by atoms with Gasteiger partial charge in [0, 0.05) is 11.4 Å². The Hall–Kier alpha value is -2.81. The molecule has 0 unspecified atom stereocenters. The number of nitrogens with zero attached hydrogens (tertiary/aromatic N) is 1. The topological polar surface area (TPSA) is 92.6 Å². The molecule has 0 saturated heterocycles. The number of carbonyl (C=O) groups is 1. The average molecular weight is 518 g/mol. The fraction of sp³-hybridized carbons (Fsp3) is 0.217. The Morgan fingerprint density at radius 1 is 1.00 bits per heavy atom. The number of hydrogen-bond donors (Lipinski definition) is 3. The second-order valence-corrected chi connectivity index (χ2v) is 6.62. The highest BCUT2D eigenvalue weighted by Gasteiger charge is 2.09. The summed E-state index contributed by atoms with van der Waals surface area (Å²) in [6.07, 6.45) is 3.30. The summed E-state index contributed by atoms with van der Waals surface area (Å²) in [7, 11) is 0. The summed E-state index contributed by atoms with van der Waals surface area (Å²) in [4.78, 5) is 16.6. The van der Waals surface area contributed by atoms with Crippen molar-refractivity contribution in [3.8, 4) is 0 Å². The molecular weight excluding hydrogens is 491 g/mol. The summed E-state index contributed by atoms with van der Waals surface area (Å²) >= 11 is 0. The predicted octanol–water partition coefficient (Wildman–Crippen LogP) is 5.20. The van der Waals surface area contributed by atoms with Crippen LogP contribution in [-0.4, -0.2) is 11.9 Å². The number of anilines is 2. The Balaban J connectivity index is 0.00000320. The number of para-hydroxylation sites is 1. The molecule has 0 bridgehead atoms. The maximum absolute atomic E-state index is 12.1. The van der Waals surface area contributed by atoms with E-state index >= 15 is 0 Å². The number of nitrogens with two attached hydrogens (primary N) is 1. The highest BCUT2D eigenvalue weighted by molar-refractivity contribution is 14.0. The lowest BCUT2D eigenvalue weighted by molar-refractivity contribution is 0.0996. The van der Waals surface area contributed by atoms with Gasteiger partial charge in [0.2, 0.25) is 0 Å². The van der Waals surface area contributed by atoms with Crippen molar-refractivity contribution in [1.82, 2.24) is 0 Å². The molecule has 0 aliphatic heterocycles. The fourth-order valence-corrected chi connectivity index (χ4v) is 3.10. The molecule has 0 atom stereocenters. The van der Waals surface area contributed by atoms with E-state index < -0.39 is 0 Å². The highest BCUT2D eigenvalue weighted by Crippen LogP contribution is 2.22. The van der Waals surface area contributed by atoms with E-state index in [-0.39, 0.29) is 35.6 Å². The minimum atomic E-state index is -0.292. The summed E-state index contributed by atoms with van der Waals surface area (Å²) in [5.74, 6) is 0.342. The lowest BCUT2D eigenvalue weighted by Crippen LogP contribution is -2.24. The monoisotopic (exact) mass is 518 g/mol. The molecule has 0 spiro atoms. The van der Waals surface area contributed by atoms with E-state index in [0.29, 0.717) is 18.2 Å². The van der Waals surface area contributed by atoms with Gasteiger partial charge in [-0.3, -0.25) is 4.79 Å². The number of hydrogen-bond acceptors (Lipinski definition) is 3. The van der Waals surface area contributed by atoms with Gasteiger partial charge in [-0.25, -0.2) is 4.99 Å². The molecule has 1 amide bonds. The Labute approximate surface area is 194 Å². The van der Waals surface area contributed by atoms with Crippen molar-refractivity contribution in [3.05, 3.63) is 83.3 Å². The van der Waals surface area contributed by atoms with Crippen LogP contribution in [0.5, 0.6) is 0 Å². The smallest absolute Gasteiger partial charge is 0.291 e. The van der Waals surface area contributed by atoms with E-state index in [9.17, 15) is 4.79 Å². The van der Waals surface area contributed by atoms with E-state index in [1.807, 2.05) is 24.3 Å². The molecule has 158 valence electrons. The average Bonchev–Trinajstić information content (AvgIpc) is 3.28. The molecule has 0 fully saturated rings. The van der Waals surface area contributed by atoms with Crippen molar-refractivity contribution in [2.75, 3.05) is 10.6 Å². The van der Waals surface area contributed by atoms with E-state index in [2.05, 4.69) is 47.7 Å². The summed E-state index contributed by atoms with van der Waals surface area (Å²) < 4.78 is 5.11. The number of nitrogens with one attached hydrogen (secondary N) is 2. The summed E-state index contributed by atoms with van der Waals surface area (Å²) in [5, 5.41) is 6.08. The quantitative estimate of drug-likeness (QED) is 0.228. The van der Waals surface area contributed by atoms with E-state index in [0.717, 1.165) is 24.1 Å². The number of aryl methyl sites for hydroxylation is 2. The molecule has 0 aliphatic rings. The van der Waals surface area contributed by atoms with Crippen LogP contribution in [0.3, 0.4) is 0 Å². The molecule has 0 aliphatic carbocycles. The Bertz CT molecular complexity index is 978. The first kappa shape index (κ1) is 23.5. The molecule has 0 radical (unpaired) electrons. The second kappa shape index (κ2) is 11.4. The SMILES string of the molecule is CCc1cccc(CC)c1NC(N)=NCc1cccc(NC(=O)c2ccco2)c1.I. The van der Waals surface area contributed by atoms with Crippen molar-refractivity contribution in [2.24, 2.45) is 10.7 Å². The first-order chi connectivity index (χ1) is 14.1. The van der Waals surface area contributed by atoms with Crippen molar-refractivity contribution >= 4 is 47.2 Å². The van der Waals surface area contributed by atoms with Gasteiger partial charge in [-0.05, 0) is 53.8 Å². The van der Waals surface area contributed by atoms with Crippen molar-refractivity contribution in [1.29, 1.82) is 0 Å². The third kappa shape index (κ3) is 6.09. The van der Waals surface area contributed by atoms with E-state index in [4.69, 9.17) is 10.2 Å². The predicted molar refractivity (Wildman–Crippen MR) is 133 cm³/mol. The molecule has 30 heavy (non-hydrogen) atoms. The molecule has 6 nitrogen and oxygen atoms in total. The highest BCUT2D eigenvalue weighted by atomic mass is 127. The van der Waals surface area contributed by atoms with Crippen LogP contribution in [0.1, 0.15) is 41.1 Å². The molecular formula is C23H27IN4O2. The van der Waals surface area contributed by atoms with Crippen LogP contribution in [0.2, 0.25) is 0 Å². The Morgan fingerprint density at radius 3 is 2.33 bits per heavy atom. The van der Waals surface area contributed by atoms with E-state index in [1.54, 1.807) is 12.1 Å². The fourth-order valence-electron chi connectivity index (χ4n) is 3.10. The van der Waals surface area contributed by atoms with Gasteiger partial charge in [0.25, 0.3) is 5.91 Å². The zero-order chi connectivity index (χ0) is 20.6. The zero-order valence-corrected chi connectivity index (χ0v) is 19.5. The second-order valence-electron chi connectivity index (χ2n) is 6.62. The van der Waals surface area contributed by atoms with Gasteiger partial charge in [-0.2, -0.15) is 0 Å². The van der Waals surface area contributed by atoms with Crippen LogP contribution in [-0.2, 0) is 19.4 Å². The maximum atomic E-state index is 12.1. The van der Waals surface area contributed by atoms with Crippen LogP contribution in [0.15, 0.2) is 70.3 Å². The summed E-state index contributed by atoms with van der Waals surface area (Å²) in [6.45, 7) is 4.64. The zero-order valence-electron chi connectivity index (χ0n) is 17.1. The van der Waals surface area contributed by atoms with Crippen LogP contribution in [0.4, 0.5) is 11.4 Å². The minimum Gasteiger partial charge on any atom is -0.459 e. The van der Waals surface area contributed by atoms with Gasteiger partial charge in [-0.1, -0.05) is 44.2 Å².